The molecule has 2 aromatic rings. The number of carbonyl (C=O) groups is 1. The molecule has 0 radical (unpaired) electrons. The van der Waals surface area contributed by atoms with E-state index in [0.717, 1.165) is 16.0 Å². The highest BCUT2D eigenvalue weighted by Crippen LogP contribution is 2.36. The molecule has 2 N–H and O–H groups in total. The van der Waals surface area contributed by atoms with Crippen molar-refractivity contribution >= 4 is 6.09 Å². The molecule has 166 valence electrons. The summed E-state index contributed by atoms with van der Waals surface area (Å²) in [6.07, 6.45) is -5.27. The summed E-state index contributed by atoms with van der Waals surface area (Å²) < 4.78 is 23.9. The minimum atomic E-state index is -1.16. The maximum absolute atomic E-state index is 11.9. The summed E-state index contributed by atoms with van der Waals surface area (Å²) in [5, 5.41) is 20.9. The molecule has 8 heteroatoms. The third-order valence-electron chi connectivity index (χ3n) is 5.61. The molecule has 1 unspecified atom stereocenters. The van der Waals surface area contributed by atoms with E-state index in [1.807, 2.05) is 60.7 Å². The molecule has 0 spiro atoms. The van der Waals surface area contributed by atoms with Crippen LogP contribution in [-0.2, 0) is 25.6 Å². The van der Waals surface area contributed by atoms with Gasteiger partial charge in [0.2, 0.25) is 0 Å². The van der Waals surface area contributed by atoms with Gasteiger partial charge >= 0.3 is 6.09 Å². The lowest BCUT2D eigenvalue weighted by Crippen LogP contribution is -2.67. The normalized spacial score (nSPS) is 30.4. The van der Waals surface area contributed by atoms with Crippen molar-refractivity contribution in [2.75, 3.05) is 13.2 Å². The van der Waals surface area contributed by atoms with Crippen molar-refractivity contribution in [3.8, 4) is 0 Å². The van der Waals surface area contributed by atoms with Crippen LogP contribution in [0.5, 0.6) is 0 Å². The van der Waals surface area contributed by atoms with Crippen LogP contribution in [0.25, 0.3) is 0 Å². The highest BCUT2D eigenvalue weighted by atomic mass is 16.7. The molecule has 2 fully saturated rings. The smallest absolute Gasteiger partial charge is 0.407 e. The standard InChI is InChI=1S/C23H27NO7/c1-2-24(23(26)27)18-19(25)20-17(14-29-21(31-20)16-11-7-4-8-12-16)30-22(18)28-13-15-9-5-3-6-10-15/h3-12,17-22,25H,2,13-14H2,1H3,(H,26,27)/t17-,18-,19-,20-,21?,22+/m1/s1. The van der Waals surface area contributed by atoms with E-state index < -0.39 is 43.0 Å². The largest absolute Gasteiger partial charge is 0.465 e. The van der Waals surface area contributed by atoms with Crippen LogP contribution in [0.2, 0.25) is 0 Å². The Morgan fingerprint density at radius 3 is 2.42 bits per heavy atom. The number of nitrogens with zero attached hydrogens (tertiary/aromatic N) is 1. The van der Waals surface area contributed by atoms with E-state index in [0.29, 0.717) is 0 Å². The molecule has 8 nitrogen and oxygen atoms in total. The minimum Gasteiger partial charge on any atom is -0.465 e. The molecule has 2 saturated heterocycles. The van der Waals surface area contributed by atoms with Crippen molar-refractivity contribution in [3.63, 3.8) is 0 Å². The Hall–Kier alpha value is -2.49. The molecule has 6 atom stereocenters. The van der Waals surface area contributed by atoms with Gasteiger partial charge in [0.15, 0.2) is 12.6 Å². The number of likely N-dealkylation sites (N-methyl/N-ethyl adjacent to an activating group) is 1. The Morgan fingerprint density at radius 1 is 1.10 bits per heavy atom. The molecule has 0 aromatic heterocycles. The van der Waals surface area contributed by atoms with Crippen molar-refractivity contribution in [2.24, 2.45) is 0 Å². The number of aliphatic hydroxyl groups is 1. The van der Waals surface area contributed by atoms with Gasteiger partial charge in [0.1, 0.15) is 24.4 Å². The van der Waals surface area contributed by atoms with Crippen molar-refractivity contribution in [3.05, 3.63) is 71.8 Å². The van der Waals surface area contributed by atoms with Crippen LogP contribution in [0.1, 0.15) is 24.3 Å². The Morgan fingerprint density at radius 2 is 1.77 bits per heavy atom. The van der Waals surface area contributed by atoms with Gasteiger partial charge in [0, 0.05) is 12.1 Å². The lowest BCUT2D eigenvalue weighted by Gasteiger charge is -2.49. The first-order valence-electron chi connectivity index (χ1n) is 10.4. The summed E-state index contributed by atoms with van der Waals surface area (Å²) >= 11 is 0. The van der Waals surface area contributed by atoms with Crippen LogP contribution in [0.4, 0.5) is 4.79 Å². The monoisotopic (exact) mass is 429 g/mol. The first kappa shape index (κ1) is 21.7. The summed E-state index contributed by atoms with van der Waals surface area (Å²) in [6, 6.07) is 18.0. The predicted octanol–water partition coefficient (Wildman–Crippen LogP) is 2.77. The van der Waals surface area contributed by atoms with Crippen LogP contribution in [0.15, 0.2) is 60.7 Å². The number of ether oxygens (including phenoxy) is 4. The van der Waals surface area contributed by atoms with Crippen LogP contribution in [-0.4, -0.2) is 65.0 Å². The molecule has 0 saturated carbocycles. The van der Waals surface area contributed by atoms with Crippen molar-refractivity contribution in [2.45, 2.75) is 50.5 Å². The van der Waals surface area contributed by atoms with E-state index in [1.165, 1.54) is 0 Å². The molecule has 4 rings (SSSR count). The molecular formula is C23H27NO7. The minimum absolute atomic E-state index is 0.168. The fourth-order valence-electron chi connectivity index (χ4n) is 4.05. The van der Waals surface area contributed by atoms with Gasteiger partial charge < -0.3 is 29.2 Å². The Kier molecular flexibility index (Phi) is 6.84. The summed E-state index contributed by atoms with van der Waals surface area (Å²) in [7, 11) is 0. The Balaban J connectivity index is 1.54. The second kappa shape index (κ2) is 9.76. The van der Waals surface area contributed by atoms with E-state index >= 15 is 0 Å². The predicted molar refractivity (Wildman–Crippen MR) is 110 cm³/mol. The zero-order chi connectivity index (χ0) is 21.8. The van der Waals surface area contributed by atoms with E-state index in [9.17, 15) is 15.0 Å². The second-order valence-electron chi connectivity index (χ2n) is 7.57. The summed E-state index contributed by atoms with van der Waals surface area (Å²) in [6.45, 7) is 2.29. The third-order valence-corrected chi connectivity index (χ3v) is 5.61. The molecule has 2 aliphatic heterocycles. The number of fused-ring (bicyclic) bond motifs is 1. The number of carboxylic acid groups (broad SMARTS) is 1. The van der Waals surface area contributed by atoms with E-state index in [-0.39, 0.29) is 19.8 Å². The van der Waals surface area contributed by atoms with E-state index in [4.69, 9.17) is 18.9 Å². The Bertz CT molecular complexity index is 850. The van der Waals surface area contributed by atoms with Gasteiger partial charge in [0.05, 0.1) is 13.2 Å². The van der Waals surface area contributed by atoms with Crippen molar-refractivity contribution < 1.29 is 34.0 Å². The van der Waals surface area contributed by atoms with Gasteiger partial charge in [-0.1, -0.05) is 60.7 Å². The lowest BCUT2D eigenvalue weighted by molar-refractivity contribution is -0.352. The van der Waals surface area contributed by atoms with Gasteiger partial charge in [-0.2, -0.15) is 0 Å². The zero-order valence-electron chi connectivity index (χ0n) is 17.2. The Labute approximate surface area is 180 Å². The lowest BCUT2D eigenvalue weighted by atomic mass is 9.94. The molecular weight excluding hydrogens is 402 g/mol. The number of benzene rings is 2. The fraction of sp³-hybridized carbons (Fsp3) is 0.435. The summed E-state index contributed by atoms with van der Waals surface area (Å²) in [5.41, 5.74) is 1.73. The first-order valence-corrected chi connectivity index (χ1v) is 10.4. The number of rotatable bonds is 6. The van der Waals surface area contributed by atoms with Crippen LogP contribution in [0.3, 0.4) is 0 Å². The molecule has 0 bridgehead atoms. The molecule has 31 heavy (non-hydrogen) atoms. The number of amides is 1. The average Bonchev–Trinajstić information content (AvgIpc) is 2.80. The summed E-state index contributed by atoms with van der Waals surface area (Å²) in [4.78, 5) is 13.0. The van der Waals surface area contributed by atoms with Gasteiger partial charge in [-0.3, -0.25) is 4.90 Å². The van der Waals surface area contributed by atoms with Gasteiger partial charge in [-0.15, -0.1) is 0 Å². The van der Waals surface area contributed by atoms with E-state index in [2.05, 4.69) is 0 Å². The topological polar surface area (TPSA) is 97.7 Å². The molecule has 1 amide bonds. The highest BCUT2D eigenvalue weighted by Gasteiger charge is 2.52. The third kappa shape index (κ3) is 4.73. The highest BCUT2D eigenvalue weighted by molar-refractivity contribution is 5.65. The quantitative estimate of drug-likeness (QED) is 0.729. The van der Waals surface area contributed by atoms with Gasteiger partial charge in [0.25, 0.3) is 0 Å². The van der Waals surface area contributed by atoms with Crippen molar-refractivity contribution in [1.82, 2.24) is 4.90 Å². The number of aliphatic hydroxyl groups excluding tert-OH is 1. The molecule has 2 heterocycles. The summed E-state index contributed by atoms with van der Waals surface area (Å²) in [5.74, 6) is 0. The number of hydrogen-bond acceptors (Lipinski definition) is 6. The first-order chi connectivity index (χ1) is 15.1. The second-order valence-corrected chi connectivity index (χ2v) is 7.57. The van der Waals surface area contributed by atoms with E-state index in [1.54, 1.807) is 6.92 Å². The van der Waals surface area contributed by atoms with Crippen LogP contribution >= 0.6 is 0 Å². The molecule has 0 aliphatic carbocycles. The zero-order valence-corrected chi connectivity index (χ0v) is 17.2. The van der Waals surface area contributed by atoms with Crippen LogP contribution in [0, 0.1) is 0 Å². The van der Waals surface area contributed by atoms with Gasteiger partial charge in [-0.05, 0) is 12.5 Å². The molecule has 2 aromatic carbocycles. The SMILES string of the molecule is CCN(C(=O)O)[C@H]1[C@@H](OCc2ccccc2)O[C@@H]2COC(c3ccccc3)O[C@H]2[C@@H]1O. The fourth-order valence-corrected chi connectivity index (χ4v) is 4.05. The maximum Gasteiger partial charge on any atom is 0.407 e. The van der Waals surface area contributed by atoms with Crippen molar-refractivity contribution in [1.29, 1.82) is 0 Å². The average molecular weight is 429 g/mol. The van der Waals surface area contributed by atoms with Crippen LogP contribution < -0.4 is 0 Å². The number of hydrogen-bond donors (Lipinski definition) is 2. The molecule has 2 aliphatic rings. The van der Waals surface area contributed by atoms with Gasteiger partial charge in [-0.25, -0.2) is 4.79 Å². The maximum atomic E-state index is 11.9.